The number of halogens is 1. The van der Waals surface area contributed by atoms with Crippen molar-refractivity contribution in [1.29, 1.82) is 0 Å². The Morgan fingerprint density at radius 3 is 2.62 bits per heavy atom. The van der Waals surface area contributed by atoms with Crippen molar-refractivity contribution in [2.45, 2.75) is 39.7 Å². The molecule has 0 N–H and O–H groups in total. The summed E-state index contributed by atoms with van der Waals surface area (Å²) in [5, 5.41) is 0. The number of hydrogen-bond acceptors (Lipinski definition) is 0. The van der Waals surface area contributed by atoms with Crippen LogP contribution in [0.2, 0.25) is 0 Å². The van der Waals surface area contributed by atoms with Gasteiger partial charge in [-0.3, -0.25) is 0 Å². The van der Waals surface area contributed by atoms with E-state index >= 15 is 0 Å². The highest BCUT2D eigenvalue weighted by atomic mass is 79.9. The molecule has 0 aliphatic heterocycles. The van der Waals surface area contributed by atoms with Gasteiger partial charge in [0.2, 0.25) is 0 Å². The van der Waals surface area contributed by atoms with Crippen molar-refractivity contribution >= 4 is 0 Å². The zero-order chi connectivity index (χ0) is 8.97. The molecule has 0 bridgehead atoms. The number of hydrogen-bond donors (Lipinski definition) is 0. The van der Waals surface area contributed by atoms with Crippen molar-refractivity contribution in [2.75, 3.05) is 0 Å². The lowest BCUT2D eigenvalue weighted by atomic mass is 10.3. The van der Waals surface area contributed by atoms with Gasteiger partial charge in [-0.25, -0.2) is 9.13 Å². The molecule has 1 aromatic heterocycles. The van der Waals surface area contributed by atoms with Crippen LogP contribution < -0.4 is 21.5 Å². The van der Waals surface area contributed by atoms with Crippen LogP contribution in [0.4, 0.5) is 0 Å². The molecule has 0 unspecified atom stereocenters. The minimum Gasteiger partial charge on any atom is -1.00 e. The zero-order valence-corrected chi connectivity index (χ0v) is 10.3. The maximum Gasteiger partial charge on any atom is 0.255 e. The number of nitrogens with zero attached hydrogens (tertiary/aromatic N) is 2. The molecule has 1 heterocycles. The summed E-state index contributed by atoms with van der Waals surface area (Å²) >= 11 is 0. The van der Waals surface area contributed by atoms with E-state index in [1.807, 2.05) is 0 Å². The van der Waals surface area contributed by atoms with Gasteiger partial charge in [0.05, 0.1) is 13.6 Å². The first-order valence-electron chi connectivity index (χ1n) is 4.83. The molecule has 13 heavy (non-hydrogen) atoms. The number of rotatable bonds is 4. The number of unbranched alkanes of at least 4 members (excludes halogenated alkanes) is 1. The molecule has 1 aromatic rings. The molecule has 2 nitrogen and oxygen atoms in total. The van der Waals surface area contributed by atoms with E-state index in [-0.39, 0.29) is 17.0 Å². The molecule has 0 aromatic carbocycles. The average Bonchev–Trinajstić information content (AvgIpc) is 2.43. The maximum atomic E-state index is 2.35. The molecular weight excluding hydrogens is 228 g/mol. The van der Waals surface area contributed by atoms with Crippen LogP contribution in [0.5, 0.6) is 0 Å². The number of aryl methyl sites for hydroxylation is 2. The molecule has 76 valence electrons. The van der Waals surface area contributed by atoms with Crippen LogP contribution in [0.3, 0.4) is 0 Å². The standard InChI is InChI=1S/C10H19N2.BrH/c1-4-6-7-12-9-8-11(3)10(12)5-2;/h8-9H,4-7H2,1-3H3;1H/q+1;/p-1. The van der Waals surface area contributed by atoms with Gasteiger partial charge in [-0.2, -0.15) is 0 Å². The van der Waals surface area contributed by atoms with Crippen molar-refractivity contribution in [3.05, 3.63) is 18.2 Å². The minimum absolute atomic E-state index is 0. The lowest BCUT2D eigenvalue weighted by Crippen LogP contribution is -3.00. The third kappa shape index (κ3) is 3.14. The topological polar surface area (TPSA) is 8.81 Å². The fourth-order valence-corrected chi connectivity index (χ4v) is 1.54. The van der Waals surface area contributed by atoms with E-state index in [1.165, 1.54) is 25.2 Å². The molecule has 0 radical (unpaired) electrons. The molecule has 0 fully saturated rings. The summed E-state index contributed by atoms with van der Waals surface area (Å²) in [7, 11) is 2.11. The second-order valence-electron chi connectivity index (χ2n) is 3.23. The van der Waals surface area contributed by atoms with Crippen LogP contribution in [0.1, 0.15) is 32.5 Å². The van der Waals surface area contributed by atoms with E-state index in [4.69, 9.17) is 0 Å². The fourth-order valence-electron chi connectivity index (χ4n) is 1.54. The Labute approximate surface area is 91.3 Å². The second kappa shape index (κ2) is 6.19. The quantitative estimate of drug-likeness (QED) is 0.584. The monoisotopic (exact) mass is 246 g/mol. The van der Waals surface area contributed by atoms with Gasteiger partial charge in [0.15, 0.2) is 0 Å². The molecule has 0 aliphatic carbocycles. The number of aromatic nitrogens is 2. The Morgan fingerprint density at radius 2 is 2.08 bits per heavy atom. The summed E-state index contributed by atoms with van der Waals surface area (Å²) in [4.78, 5) is 0. The van der Waals surface area contributed by atoms with Crippen molar-refractivity contribution in [2.24, 2.45) is 7.05 Å². The van der Waals surface area contributed by atoms with Crippen LogP contribution in [0, 0.1) is 0 Å². The lowest BCUT2D eigenvalue weighted by molar-refractivity contribution is -0.678. The third-order valence-corrected chi connectivity index (χ3v) is 2.28. The predicted octanol–water partition coefficient (Wildman–Crippen LogP) is -1.32. The van der Waals surface area contributed by atoms with Gasteiger partial charge in [0.25, 0.3) is 5.82 Å². The highest BCUT2D eigenvalue weighted by Crippen LogP contribution is 1.99. The predicted molar refractivity (Wildman–Crippen MR) is 49.9 cm³/mol. The van der Waals surface area contributed by atoms with Gasteiger partial charge in [-0.1, -0.05) is 20.3 Å². The van der Waals surface area contributed by atoms with Gasteiger partial charge < -0.3 is 17.0 Å². The molecule has 0 saturated heterocycles. The largest absolute Gasteiger partial charge is 1.00 e. The van der Waals surface area contributed by atoms with E-state index in [0.717, 1.165) is 6.42 Å². The Bertz CT molecular complexity index is 243. The second-order valence-corrected chi connectivity index (χ2v) is 3.23. The molecule has 3 heteroatoms. The summed E-state index contributed by atoms with van der Waals surface area (Å²) in [6, 6.07) is 0. The van der Waals surface area contributed by atoms with E-state index in [9.17, 15) is 0 Å². The van der Waals surface area contributed by atoms with Crippen molar-refractivity contribution in [3.8, 4) is 0 Å². The van der Waals surface area contributed by atoms with Crippen molar-refractivity contribution < 1.29 is 21.5 Å². The highest BCUT2D eigenvalue weighted by Gasteiger charge is 2.10. The summed E-state index contributed by atoms with van der Waals surface area (Å²) in [6.07, 6.45) is 7.98. The summed E-state index contributed by atoms with van der Waals surface area (Å²) in [5.41, 5.74) is 0. The van der Waals surface area contributed by atoms with Gasteiger partial charge >= 0.3 is 0 Å². The molecule has 1 rings (SSSR count). The lowest BCUT2D eigenvalue weighted by Gasteiger charge is -1.98. The summed E-state index contributed by atoms with van der Waals surface area (Å²) in [5.74, 6) is 1.42. The maximum absolute atomic E-state index is 2.35. The Morgan fingerprint density at radius 1 is 1.38 bits per heavy atom. The van der Waals surface area contributed by atoms with Crippen LogP contribution in [0.25, 0.3) is 0 Å². The Kier molecular flexibility index (Phi) is 6.04. The van der Waals surface area contributed by atoms with Crippen LogP contribution in [-0.4, -0.2) is 4.57 Å². The average molecular weight is 247 g/mol. The number of imidazole rings is 1. The first-order valence-corrected chi connectivity index (χ1v) is 4.83. The summed E-state index contributed by atoms with van der Waals surface area (Å²) < 4.78 is 4.55. The van der Waals surface area contributed by atoms with Crippen LogP contribution in [0.15, 0.2) is 12.4 Å². The van der Waals surface area contributed by atoms with Crippen molar-refractivity contribution in [1.82, 2.24) is 4.57 Å². The van der Waals surface area contributed by atoms with Gasteiger partial charge in [0.1, 0.15) is 12.4 Å². The highest BCUT2D eigenvalue weighted by molar-refractivity contribution is 4.82. The summed E-state index contributed by atoms with van der Waals surface area (Å²) in [6.45, 7) is 5.60. The van der Waals surface area contributed by atoms with E-state index in [0.29, 0.717) is 0 Å². The van der Waals surface area contributed by atoms with Gasteiger partial charge in [-0.05, 0) is 6.42 Å². The molecule has 0 spiro atoms. The van der Waals surface area contributed by atoms with Crippen molar-refractivity contribution in [3.63, 3.8) is 0 Å². The first-order chi connectivity index (χ1) is 5.79. The molecule has 0 saturated carbocycles. The SMILES string of the molecule is CCCCn1cc[n+](C)c1CC.[Br-]. The van der Waals surface area contributed by atoms with Gasteiger partial charge in [0, 0.05) is 6.42 Å². The zero-order valence-electron chi connectivity index (χ0n) is 8.76. The molecule has 0 atom stereocenters. The Hall–Kier alpha value is -0.310. The van der Waals surface area contributed by atoms with Gasteiger partial charge in [-0.15, -0.1) is 0 Å². The van der Waals surface area contributed by atoms with Crippen LogP contribution in [-0.2, 0) is 20.0 Å². The van der Waals surface area contributed by atoms with Crippen LogP contribution >= 0.6 is 0 Å². The molecule has 0 amide bonds. The molecular formula is C10H19BrN2. The van der Waals surface area contributed by atoms with E-state index in [2.05, 4.69) is 42.4 Å². The smallest absolute Gasteiger partial charge is 0.255 e. The molecule has 0 aliphatic rings. The normalized spacial score (nSPS) is 9.77. The fraction of sp³-hybridized carbons (Fsp3) is 0.700. The first kappa shape index (κ1) is 12.7. The van der Waals surface area contributed by atoms with E-state index < -0.39 is 0 Å². The Balaban J connectivity index is 0.00000144. The third-order valence-electron chi connectivity index (χ3n) is 2.28. The minimum atomic E-state index is 0. The van der Waals surface area contributed by atoms with E-state index in [1.54, 1.807) is 0 Å².